The molecule has 0 bridgehead atoms. The molecular weight excluding hydrogens is 194 g/mol. The molecule has 4 heteroatoms. The first kappa shape index (κ1) is 11.3. The molecule has 0 atom stereocenters. The molecule has 1 aliphatic rings. The molecule has 0 amide bonds. The number of morpholine rings is 1. The molecule has 1 saturated heterocycles. The molecule has 1 aliphatic heterocycles. The number of carbonyl (C=O) groups excluding carboxylic acids is 1. The van der Waals surface area contributed by atoms with Crippen molar-refractivity contribution in [2.45, 2.75) is 19.6 Å². The molecule has 3 nitrogen and oxygen atoms in total. The summed E-state index contributed by atoms with van der Waals surface area (Å²) < 4.78 is 5.19. The summed E-state index contributed by atoms with van der Waals surface area (Å²) in [7, 11) is -1.72. The van der Waals surface area contributed by atoms with Crippen LogP contribution in [0.3, 0.4) is 0 Å². The highest BCUT2D eigenvalue weighted by molar-refractivity contribution is 7.05. The smallest absolute Gasteiger partial charge is 0.181 e. The van der Waals surface area contributed by atoms with Crippen LogP contribution in [0.1, 0.15) is 0 Å². The van der Waals surface area contributed by atoms with Gasteiger partial charge in [-0.2, -0.15) is 0 Å². The van der Waals surface area contributed by atoms with Gasteiger partial charge in [0, 0.05) is 19.1 Å². The van der Waals surface area contributed by atoms with Crippen LogP contribution in [-0.2, 0) is 9.53 Å². The Morgan fingerprint density at radius 3 is 2.36 bits per heavy atom. The van der Waals surface area contributed by atoms with E-state index in [0.717, 1.165) is 26.3 Å². The van der Waals surface area contributed by atoms with Crippen LogP contribution >= 0.6 is 0 Å². The molecule has 1 heterocycles. The summed E-state index contributed by atoms with van der Waals surface area (Å²) in [5, 5.41) is 0.129. The Labute approximate surface area is 86.4 Å². The van der Waals surface area contributed by atoms with Gasteiger partial charge >= 0.3 is 0 Å². The van der Waals surface area contributed by atoms with Gasteiger partial charge in [0.1, 0.15) is 8.07 Å². The minimum Gasteiger partial charge on any atom is -0.378 e. The van der Waals surface area contributed by atoms with Crippen LogP contribution in [0.2, 0.25) is 19.6 Å². The third kappa shape index (κ3) is 3.52. The van der Waals surface area contributed by atoms with E-state index < -0.39 is 8.07 Å². The molecule has 1 fully saturated rings. The predicted molar refractivity (Wildman–Crippen MR) is 58.5 cm³/mol. The maximum absolute atomic E-state index is 11.5. The van der Waals surface area contributed by atoms with E-state index in [1.54, 1.807) is 0 Å². The van der Waals surface area contributed by atoms with E-state index in [9.17, 15) is 4.79 Å². The van der Waals surface area contributed by atoms with E-state index in [-0.39, 0.29) is 5.41 Å². The largest absolute Gasteiger partial charge is 0.378 e. The Morgan fingerprint density at radius 1 is 1.29 bits per heavy atom. The van der Waals surface area contributed by atoms with Gasteiger partial charge in [0.05, 0.1) is 13.2 Å². The lowest BCUT2D eigenvalue weighted by atomic mass is 10.4. The Hall–Kier alpha value is -0.793. The fraction of sp³-hybridized carbons (Fsp3) is 0.700. The second-order valence-electron chi connectivity index (χ2n) is 4.42. The number of nitrogens with zero attached hydrogens (tertiary/aromatic N) is 1. The molecule has 78 valence electrons. The van der Waals surface area contributed by atoms with E-state index >= 15 is 0 Å². The summed E-state index contributed by atoms with van der Waals surface area (Å²) in [6.07, 6.45) is 0. The van der Waals surface area contributed by atoms with Gasteiger partial charge in [0.25, 0.3) is 0 Å². The highest BCUT2D eigenvalue weighted by Gasteiger charge is 2.22. The molecular formula is C10H17NO2Si. The molecule has 0 saturated carbocycles. The van der Waals surface area contributed by atoms with Crippen LogP contribution in [0.25, 0.3) is 0 Å². The van der Waals surface area contributed by atoms with E-state index in [2.05, 4.69) is 12.0 Å². The first-order chi connectivity index (χ1) is 6.50. The first-order valence-electron chi connectivity index (χ1n) is 4.89. The number of ether oxygens (including phenoxy) is 1. The highest BCUT2D eigenvalue weighted by atomic mass is 28.3. The molecule has 0 spiro atoms. The molecule has 0 aromatic heterocycles. The van der Waals surface area contributed by atoms with Gasteiger partial charge in [-0.1, -0.05) is 19.6 Å². The van der Waals surface area contributed by atoms with Crippen LogP contribution in [-0.4, -0.2) is 44.7 Å². The predicted octanol–water partition coefficient (Wildman–Crippen LogP) is 0.726. The normalized spacial score (nSPS) is 17.2. The van der Waals surface area contributed by atoms with Crippen LogP contribution in [0.4, 0.5) is 0 Å². The maximum Gasteiger partial charge on any atom is 0.181 e. The summed E-state index contributed by atoms with van der Waals surface area (Å²) in [5.41, 5.74) is 0. The standard InChI is InChI=1S/C10H17NO2Si/c1-14(2,3)10(12)4-5-11-6-8-13-9-7-11/h6-9H2,1-3H3. The average Bonchev–Trinajstić information content (AvgIpc) is 2.14. The van der Waals surface area contributed by atoms with E-state index in [1.165, 1.54) is 0 Å². The topological polar surface area (TPSA) is 29.5 Å². The number of rotatable bonds is 1. The molecule has 0 N–H and O–H groups in total. The van der Waals surface area contributed by atoms with Crippen molar-refractivity contribution in [3.8, 4) is 12.0 Å². The second-order valence-corrected chi connectivity index (χ2v) is 9.37. The summed E-state index contributed by atoms with van der Waals surface area (Å²) in [6.45, 7) is 9.11. The van der Waals surface area contributed by atoms with Crippen molar-refractivity contribution in [2.24, 2.45) is 0 Å². The minimum atomic E-state index is -1.72. The van der Waals surface area contributed by atoms with Gasteiger partial charge in [0.2, 0.25) is 0 Å². The Kier molecular flexibility index (Phi) is 3.73. The van der Waals surface area contributed by atoms with Crippen molar-refractivity contribution in [3.63, 3.8) is 0 Å². The minimum absolute atomic E-state index is 0.129. The Morgan fingerprint density at radius 2 is 1.86 bits per heavy atom. The highest BCUT2D eigenvalue weighted by Crippen LogP contribution is 2.01. The van der Waals surface area contributed by atoms with Crippen LogP contribution < -0.4 is 0 Å². The van der Waals surface area contributed by atoms with Crippen molar-refractivity contribution in [1.29, 1.82) is 0 Å². The molecule has 0 aromatic carbocycles. The van der Waals surface area contributed by atoms with E-state index in [4.69, 9.17) is 4.74 Å². The third-order valence-electron chi connectivity index (χ3n) is 2.02. The first-order valence-corrected chi connectivity index (χ1v) is 8.39. The van der Waals surface area contributed by atoms with Gasteiger partial charge < -0.3 is 9.64 Å². The van der Waals surface area contributed by atoms with Crippen molar-refractivity contribution >= 4 is 13.5 Å². The molecule has 14 heavy (non-hydrogen) atoms. The molecule has 0 aliphatic carbocycles. The van der Waals surface area contributed by atoms with Gasteiger partial charge in [-0.25, -0.2) is 0 Å². The number of hydrogen-bond donors (Lipinski definition) is 0. The summed E-state index contributed by atoms with van der Waals surface area (Å²) >= 11 is 0. The maximum atomic E-state index is 11.5. The lowest BCUT2D eigenvalue weighted by Crippen LogP contribution is -2.35. The third-order valence-corrected chi connectivity index (χ3v) is 3.51. The monoisotopic (exact) mass is 211 g/mol. The van der Waals surface area contributed by atoms with Crippen LogP contribution in [0.15, 0.2) is 0 Å². The summed E-state index contributed by atoms with van der Waals surface area (Å²) in [4.78, 5) is 13.5. The molecule has 0 radical (unpaired) electrons. The zero-order chi connectivity index (χ0) is 10.6. The van der Waals surface area contributed by atoms with Crippen molar-refractivity contribution in [3.05, 3.63) is 0 Å². The van der Waals surface area contributed by atoms with Crippen LogP contribution in [0, 0.1) is 12.0 Å². The fourth-order valence-electron chi connectivity index (χ4n) is 0.992. The van der Waals surface area contributed by atoms with E-state index in [0.29, 0.717) is 0 Å². The second kappa shape index (κ2) is 4.62. The lowest BCUT2D eigenvalue weighted by Gasteiger charge is -2.22. The van der Waals surface area contributed by atoms with E-state index in [1.807, 2.05) is 24.5 Å². The molecule has 0 aromatic rings. The fourth-order valence-corrected chi connectivity index (χ4v) is 1.42. The van der Waals surface area contributed by atoms with Gasteiger partial charge in [-0.05, 0) is 5.92 Å². The number of hydrogen-bond acceptors (Lipinski definition) is 3. The molecule has 1 rings (SSSR count). The number of carbonyl (C=O) groups is 1. The summed E-state index contributed by atoms with van der Waals surface area (Å²) in [5.74, 6) is 2.74. The quantitative estimate of drug-likeness (QED) is 0.473. The zero-order valence-electron chi connectivity index (χ0n) is 9.09. The lowest BCUT2D eigenvalue weighted by molar-refractivity contribution is -0.107. The van der Waals surface area contributed by atoms with Gasteiger partial charge in [-0.15, -0.1) is 0 Å². The van der Waals surface area contributed by atoms with Gasteiger partial charge in [0.15, 0.2) is 5.41 Å². The van der Waals surface area contributed by atoms with Crippen molar-refractivity contribution in [2.75, 3.05) is 26.3 Å². The summed E-state index contributed by atoms with van der Waals surface area (Å²) in [6, 6.07) is 2.92. The SMILES string of the molecule is C[Si](C)(C)C(=O)C#CN1CCOCC1. The van der Waals surface area contributed by atoms with Crippen LogP contribution in [0.5, 0.6) is 0 Å². The van der Waals surface area contributed by atoms with Gasteiger partial charge in [-0.3, -0.25) is 4.79 Å². The Bertz CT molecular complexity index is 266. The average molecular weight is 211 g/mol. The Balaban J connectivity index is 2.49. The zero-order valence-corrected chi connectivity index (χ0v) is 10.1. The van der Waals surface area contributed by atoms with Crippen molar-refractivity contribution < 1.29 is 9.53 Å². The molecule has 0 unspecified atom stereocenters. The van der Waals surface area contributed by atoms with Crippen molar-refractivity contribution in [1.82, 2.24) is 4.90 Å².